The van der Waals surface area contributed by atoms with Gasteiger partial charge < -0.3 is 10.1 Å². The number of aromatic amines is 1. The number of hydrogen-bond acceptors (Lipinski definition) is 11. The second-order valence-electron chi connectivity index (χ2n) is 11.1. The molecule has 0 unspecified atom stereocenters. The van der Waals surface area contributed by atoms with Crippen LogP contribution < -0.4 is 15.6 Å². The number of benzene rings is 3. The van der Waals surface area contributed by atoms with Gasteiger partial charge in [-0.3, -0.25) is 14.4 Å². The number of carbonyl (C=O) groups is 2. The molecule has 0 bridgehead atoms. The van der Waals surface area contributed by atoms with Gasteiger partial charge >= 0.3 is 5.97 Å². The van der Waals surface area contributed by atoms with Gasteiger partial charge in [-0.1, -0.05) is 41.9 Å². The number of sulfonamides is 1. The molecule has 52 heavy (non-hydrogen) atoms. The van der Waals surface area contributed by atoms with Gasteiger partial charge in [0, 0.05) is 35.6 Å². The lowest BCUT2D eigenvalue weighted by molar-refractivity contribution is -0.139. The average molecular weight is 741 g/mol. The van der Waals surface area contributed by atoms with Crippen LogP contribution in [0.3, 0.4) is 0 Å². The van der Waals surface area contributed by atoms with E-state index < -0.39 is 33.5 Å². The van der Waals surface area contributed by atoms with E-state index >= 15 is 0 Å². The Bertz CT molecular complexity index is 2400. The van der Waals surface area contributed by atoms with E-state index in [2.05, 4.69) is 40.9 Å². The minimum atomic E-state index is -4.13. The maximum atomic E-state index is 13.5. The highest BCUT2D eigenvalue weighted by molar-refractivity contribution is 7.89. The molecule has 0 saturated carbocycles. The Morgan fingerprint density at radius 2 is 1.87 bits per heavy atom. The van der Waals surface area contributed by atoms with Crippen molar-refractivity contribution < 1.29 is 22.7 Å². The summed E-state index contributed by atoms with van der Waals surface area (Å²) in [6.45, 7) is -0.350. The molecule has 1 atom stereocenters. The highest BCUT2D eigenvalue weighted by Crippen LogP contribution is 2.22. The highest BCUT2D eigenvalue weighted by atomic mass is 35.5. The number of esters is 1. The molecular weight excluding hydrogens is 712 g/mol. The number of aromatic nitrogens is 8. The third-order valence-corrected chi connectivity index (χ3v) is 9.37. The van der Waals surface area contributed by atoms with Crippen LogP contribution in [0.2, 0.25) is 5.02 Å². The van der Waals surface area contributed by atoms with Crippen LogP contribution in [-0.2, 0) is 30.8 Å². The predicted molar refractivity (Wildman–Crippen MR) is 189 cm³/mol. The van der Waals surface area contributed by atoms with E-state index in [-0.39, 0.29) is 29.1 Å². The Balaban J connectivity index is 1.29. The molecule has 0 aliphatic rings. The van der Waals surface area contributed by atoms with Gasteiger partial charge in [-0.2, -0.15) is 14.9 Å². The number of tetrazole rings is 1. The molecule has 264 valence electrons. The lowest BCUT2D eigenvalue weighted by atomic mass is 10.0. The number of amides is 1. The van der Waals surface area contributed by atoms with Crippen LogP contribution in [0.15, 0.2) is 113 Å². The average Bonchev–Trinajstić information content (AvgIpc) is 3.89. The molecule has 18 heteroatoms. The van der Waals surface area contributed by atoms with E-state index in [1.54, 1.807) is 73.1 Å². The molecule has 1 amide bonds. The minimum absolute atomic E-state index is 0.0382. The first kappa shape index (κ1) is 35.5. The van der Waals surface area contributed by atoms with Crippen LogP contribution in [0.4, 0.5) is 0 Å². The molecule has 6 aromatic rings. The molecule has 0 fully saturated rings. The second-order valence-corrected chi connectivity index (χ2v) is 13.3. The quantitative estimate of drug-likeness (QED) is 0.116. The molecule has 3 aromatic carbocycles. The number of rotatable bonds is 13. The van der Waals surface area contributed by atoms with Gasteiger partial charge in [0.15, 0.2) is 0 Å². The maximum Gasteiger partial charge on any atom is 0.309 e. The Morgan fingerprint density at radius 3 is 2.60 bits per heavy atom. The number of methoxy groups -OCH3 is 1. The van der Waals surface area contributed by atoms with E-state index in [0.717, 1.165) is 0 Å². The lowest BCUT2D eigenvalue weighted by Crippen LogP contribution is -2.38. The fraction of sp³-hybridized carbons (Fsp3) is 0.118. The zero-order chi connectivity index (χ0) is 36.7. The Hall–Kier alpha value is -6.30. The van der Waals surface area contributed by atoms with Crippen LogP contribution in [0, 0.1) is 0 Å². The third-order valence-electron chi connectivity index (χ3n) is 7.71. The summed E-state index contributed by atoms with van der Waals surface area (Å²) in [5.41, 5.74) is 2.58. The number of nitrogens with one attached hydrogen (secondary N) is 3. The van der Waals surface area contributed by atoms with Gasteiger partial charge in [-0.25, -0.2) is 22.9 Å². The van der Waals surface area contributed by atoms with Crippen molar-refractivity contribution in [1.82, 2.24) is 50.2 Å². The standard InChI is InChI=1S/C34H29ClN10O6S/c1-51-33(47)16-22-6-8-23(9-7-22)28-19-29(40-41-34(28)48)30(20-38-52(49,50)27-5-2-4-26(18-27)44-15-3-14-37-44)39-32(46)13-10-24-17-25(35)11-12-31(24)45-21-36-42-43-45/h2-15,17-19,21,30,38H,16,20H2,1H3,(H,39,46)(H,41,48)/b13-10+/t30-/m0/s1. The number of nitrogens with zero attached hydrogens (tertiary/aromatic N) is 7. The molecule has 3 aromatic heterocycles. The summed E-state index contributed by atoms with van der Waals surface area (Å²) in [6.07, 6.45) is 7.43. The molecule has 6 rings (SSSR count). The SMILES string of the molecule is COC(=O)Cc1ccc(-c2cc([C@H](CNS(=O)(=O)c3cccc(-n4cccn4)c3)NC(=O)/C=C/c3cc(Cl)ccc3-n3cnnn3)n[nH]c2=O)cc1. The van der Waals surface area contributed by atoms with E-state index in [1.165, 1.54) is 53.2 Å². The molecule has 3 N–H and O–H groups in total. The third kappa shape index (κ3) is 8.52. The molecule has 0 radical (unpaired) electrons. The normalized spacial score (nSPS) is 12.1. The molecule has 0 saturated heterocycles. The fourth-order valence-corrected chi connectivity index (χ4v) is 6.37. The van der Waals surface area contributed by atoms with Crippen LogP contribution in [0.1, 0.15) is 22.9 Å². The molecule has 0 aliphatic carbocycles. The predicted octanol–water partition coefficient (Wildman–Crippen LogP) is 2.82. The molecule has 16 nitrogen and oxygen atoms in total. The van der Waals surface area contributed by atoms with E-state index in [4.69, 9.17) is 16.3 Å². The first-order valence-corrected chi connectivity index (χ1v) is 17.3. The van der Waals surface area contributed by atoms with E-state index in [1.807, 2.05) is 0 Å². The Morgan fingerprint density at radius 1 is 1.04 bits per heavy atom. The van der Waals surface area contributed by atoms with Gasteiger partial charge in [-0.05, 0) is 76.2 Å². The van der Waals surface area contributed by atoms with Crippen molar-refractivity contribution in [2.24, 2.45) is 0 Å². The highest BCUT2D eigenvalue weighted by Gasteiger charge is 2.23. The molecule has 0 spiro atoms. The largest absolute Gasteiger partial charge is 0.469 e. The summed E-state index contributed by atoms with van der Waals surface area (Å²) in [6, 6.07) is 19.9. The van der Waals surface area contributed by atoms with Gasteiger partial charge in [0.05, 0.1) is 47.1 Å². The van der Waals surface area contributed by atoms with Crippen LogP contribution in [0.25, 0.3) is 28.6 Å². The smallest absolute Gasteiger partial charge is 0.309 e. The summed E-state index contributed by atoms with van der Waals surface area (Å²) in [5.74, 6) is -1.03. The Kier molecular flexibility index (Phi) is 10.7. The van der Waals surface area contributed by atoms with Crippen molar-refractivity contribution in [2.75, 3.05) is 13.7 Å². The van der Waals surface area contributed by atoms with Crippen LogP contribution in [0.5, 0.6) is 0 Å². The maximum absolute atomic E-state index is 13.5. The van der Waals surface area contributed by atoms with E-state index in [9.17, 15) is 22.8 Å². The van der Waals surface area contributed by atoms with Crippen molar-refractivity contribution in [1.29, 1.82) is 0 Å². The fourth-order valence-electron chi connectivity index (χ4n) is 5.10. The second kappa shape index (κ2) is 15.7. The van der Waals surface area contributed by atoms with Crippen LogP contribution in [-0.4, -0.2) is 74.1 Å². The number of ether oxygens (including phenoxy) is 1. The molecule has 0 aliphatic heterocycles. The zero-order valence-electron chi connectivity index (χ0n) is 27.3. The number of halogens is 1. The summed E-state index contributed by atoms with van der Waals surface area (Å²) in [7, 11) is -2.83. The first-order valence-electron chi connectivity index (χ1n) is 15.5. The van der Waals surface area contributed by atoms with Crippen molar-refractivity contribution >= 4 is 39.6 Å². The molecule has 3 heterocycles. The van der Waals surface area contributed by atoms with E-state index in [0.29, 0.717) is 33.1 Å². The topological polar surface area (TPSA) is 209 Å². The number of hydrogen-bond donors (Lipinski definition) is 3. The summed E-state index contributed by atoms with van der Waals surface area (Å²) in [4.78, 5) is 38.0. The minimum Gasteiger partial charge on any atom is -0.469 e. The van der Waals surface area contributed by atoms with Gasteiger partial charge in [0.1, 0.15) is 6.33 Å². The van der Waals surface area contributed by atoms with Crippen molar-refractivity contribution in [3.63, 3.8) is 0 Å². The van der Waals surface area contributed by atoms with Gasteiger partial charge in [-0.15, -0.1) is 5.10 Å². The summed E-state index contributed by atoms with van der Waals surface area (Å²) >= 11 is 6.22. The van der Waals surface area contributed by atoms with Crippen molar-refractivity contribution in [2.45, 2.75) is 17.4 Å². The van der Waals surface area contributed by atoms with Crippen molar-refractivity contribution in [3.8, 4) is 22.5 Å². The molecular formula is C34H29ClN10O6S. The van der Waals surface area contributed by atoms with Gasteiger partial charge in [0.2, 0.25) is 15.9 Å². The lowest BCUT2D eigenvalue weighted by Gasteiger charge is -2.19. The zero-order valence-corrected chi connectivity index (χ0v) is 28.8. The van der Waals surface area contributed by atoms with Crippen LogP contribution >= 0.6 is 11.6 Å². The first-order chi connectivity index (χ1) is 25.1. The summed E-state index contributed by atoms with van der Waals surface area (Å²) < 4.78 is 37.3. The monoisotopic (exact) mass is 740 g/mol. The number of H-pyrrole nitrogens is 1. The van der Waals surface area contributed by atoms with Crippen molar-refractivity contribution in [3.05, 3.63) is 136 Å². The van der Waals surface area contributed by atoms with Gasteiger partial charge in [0.25, 0.3) is 5.56 Å². The Labute approximate surface area is 301 Å². The summed E-state index contributed by atoms with van der Waals surface area (Å²) in [5, 5.41) is 25.1. The number of carbonyl (C=O) groups excluding carboxylic acids is 2.